The lowest BCUT2D eigenvalue weighted by atomic mass is 10.0. The van der Waals surface area contributed by atoms with Crippen molar-refractivity contribution in [1.82, 2.24) is 4.68 Å². The fourth-order valence-corrected chi connectivity index (χ4v) is 3.90. The number of hydrogen-bond acceptors (Lipinski definition) is 5. The predicted octanol–water partition coefficient (Wildman–Crippen LogP) is 4.08. The maximum Gasteiger partial charge on any atom is 0.262 e. The summed E-state index contributed by atoms with van der Waals surface area (Å²) < 4.78 is 7.26. The Balaban J connectivity index is 1.69. The third-order valence-corrected chi connectivity index (χ3v) is 5.62. The SMILES string of the molecule is CN=c1scc(-c2ccc3c(c2)NC(=O)CO3)n1N=Cc1ccc(C(C)C)cc1. The van der Waals surface area contributed by atoms with Gasteiger partial charge >= 0.3 is 0 Å². The Bertz CT molecular complexity index is 1140. The Morgan fingerprint density at radius 2 is 2.00 bits per heavy atom. The van der Waals surface area contributed by atoms with Crippen molar-refractivity contribution in [3.05, 3.63) is 63.8 Å². The van der Waals surface area contributed by atoms with E-state index in [4.69, 9.17) is 4.74 Å². The van der Waals surface area contributed by atoms with Gasteiger partial charge in [0.2, 0.25) is 4.80 Å². The minimum Gasteiger partial charge on any atom is -0.482 e. The van der Waals surface area contributed by atoms with E-state index in [-0.39, 0.29) is 12.5 Å². The second kappa shape index (κ2) is 8.05. The van der Waals surface area contributed by atoms with Crippen LogP contribution in [0.1, 0.15) is 30.9 Å². The van der Waals surface area contributed by atoms with Gasteiger partial charge in [0, 0.05) is 18.0 Å². The van der Waals surface area contributed by atoms with Crippen LogP contribution in [0.2, 0.25) is 0 Å². The second-order valence-electron chi connectivity index (χ2n) is 7.05. The number of anilines is 1. The zero-order valence-corrected chi connectivity index (χ0v) is 17.4. The molecule has 148 valence electrons. The summed E-state index contributed by atoms with van der Waals surface area (Å²) in [5, 5.41) is 9.53. The fourth-order valence-electron chi connectivity index (χ4n) is 3.09. The van der Waals surface area contributed by atoms with Crippen LogP contribution in [0.15, 0.2) is 57.9 Å². The molecular formula is C22H22N4O2S. The standard InChI is InChI=1S/C22H22N4O2S/c1-14(2)16-6-4-15(5-7-16)11-24-26-19(13-29-22(26)23-3)17-8-9-20-18(10-17)25-21(27)12-28-20/h4-11,13-14H,12H2,1-3H3,(H,25,27). The average Bonchev–Trinajstić information content (AvgIpc) is 3.14. The first-order valence-electron chi connectivity index (χ1n) is 9.40. The van der Waals surface area contributed by atoms with Gasteiger partial charge in [0.05, 0.1) is 17.6 Å². The van der Waals surface area contributed by atoms with Crippen LogP contribution in [-0.4, -0.2) is 30.5 Å². The van der Waals surface area contributed by atoms with Gasteiger partial charge in [-0.1, -0.05) is 38.1 Å². The minimum absolute atomic E-state index is 0.0452. The highest BCUT2D eigenvalue weighted by Crippen LogP contribution is 2.32. The van der Waals surface area contributed by atoms with Crippen LogP contribution in [0.3, 0.4) is 0 Å². The van der Waals surface area contributed by atoms with Gasteiger partial charge in [-0.25, -0.2) is 4.68 Å². The van der Waals surface area contributed by atoms with E-state index >= 15 is 0 Å². The lowest BCUT2D eigenvalue weighted by molar-refractivity contribution is -0.118. The molecule has 2 heterocycles. The Morgan fingerprint density at radius 1 is 1.21 bits per heavy atom. The summed E-state index contributed by atoms with van der Waals surface area (Å²) in [5.41, 5.74) is 4.81. The summed E-state index contributed by atoms with van der Waals surface area (Å²) in [6.45, 7) is 4.40. The number of carbonyl (C=O) groups excluding carboxylic acids is 1. The van der Waals surface area contributed by atoms with Crippen LogP contribution in [0.4, 0.5) is 5.69 Å². The molecule has 0 fully saturated rings. The number of amides is 1. The molecule has 0 aliphatic carbocycles. The molecule has 2 aromatic carbocycles. The van der Waals surface area contributed by atoms with Gasteiger partial charge in [-0.3, -0.25) is 9.79 Å². The normalized spacial score (nSPS) is 14.2. The highest BCUT2D eigenvalue weighted by Gasteiger charge is 2.17. The van der Waals surface area contributed by atoms with Gasteiger partial charge < -0.3 is 10.1 Å². The van der Waals surface area contributed by atoms with E-state index in [9.17, 15) is 4.79 Å². The predicted molar refractivity (Wildman–Crippen MR) is 117 cm³/mol. The molecule has 0 saturated heterocycles. The summed E-state index contributed by atoms with van der Waals surface area (Å²) in [6, 6.07) is 14.1. The van der Waals surface area contributed by atoms with Crippen LogP contribution in [0.5, 0.6) is 5.75 Å². The molecule has 29 heavy (non-hydrogen) atoms. The number of fused-ring (bicyclic) bond motifs is 1. The Labute approximate surface area is 173 Å². The Kier molecular flexibility index (Phi) is 5.31. The summed E-state index contributed by atoms with van der Waals surface area (Å²) in [4.78, 5) is 16.8. The molecule has 0 bridgehead atoms. The lowest BCUT2D eigenvalue weighted by Gasteiger charge is -2.18. The van der Waals surface area contributed by atoms with Gasteiger partial charge in [0.1, 0.15) is 5.75 Å². The minimum atomic E-state index is -0.153. The molecule has 1 aliphatic rings. The van der Waals surface area contributed by atoms with E-state index in [1.165, 1.54) is 16.9 Å². The molecule has 3 aromatic rings. The van der Waals surface area contributed by atoms with E-state index in [1.54, 1.807) is 7.05 Å². The maximum atomic E-state index is 11.6. The van der Waals surface area contributed by atoms with Crippen molar-refractivity contribution in [2.45, 2.75) is 19.8 Å². The van der Waals surface area contributed by atoms with Crippen LogP contribution in [-0.2, 0) is 4.79 Å². The molecule has 0 unspecified atom stereocenters. The fraction of sp³-hybridized carbons (Fsp3) is 0.227. The third kappa shape index (κ3) is 4.00. The van der Waals surface area contributed by atoms with Crippen molar-refractivity contribution in [3.63, 3.8) is 0 Å². The number of benzene rings is 2. The van der Waals surface area contributed by atoms with Gasteiger partial charge in [0.15, 0.2) is 6.61 Å². The first-order valence-corrected chi connectivity index (χ1v) is 10.3. The molecule has 1 amide bonds. The van der Waals surface area contributed by atoms with Crippen LogP contribution >= 0.6 is 11.3 Å². The quantitative estimate of drug-likeness (QED) is 0.663. The van der Waals surface area contributed by atoms with Crippen molar-refractivity contribution in [3.8, 4) is 17.0 Å². The van der Waals surface area contributed by atoms with Crippen molar-refractivity contribution in [2.24, 2.45) is 10.1 Å². The van der Waals surface area contributed by atoms with Crippen molar-refractivity contribution >= 4 is 29.1 Å². The number of ether oxygens (including phenoxy) is 1. The number of aromatic nitrogens is 1. The molecule has 1 N–H and O–H groups in total. The van der Waals surface area contributed by atoms with Crippen molar-refractivity contribution < 1.29 is 9.53 Å². The van der Waals surface area contributed by atoms with Gasteiger partial charge in [-0.15, -0.1) is 11.3 Å². The van der Waals surface area contributed by atoms with Crippen LogP contribution < -0.4 is 14.9 Å². The first-order chi connectivity index (χ1) is 14.0. The lowest BCUT2D eigenvalue weighted by Crippen LogP contribution is -2.25. The molecule has 6 nitrogen and oxygen atoms in total. The zero-order chi connectivity index (χ0) is 20.4. The molecule has 0 saturated carbocycles. The van der Waals surface area contributed by atoms with Gasteiger partial charge in [-0.05, 0) is 35.2 Å². The average molecular weight is 407 g/mol. The number of thiazole rings is 1. The largest absolute Gasteiger partial charge is 0.482 e. The summed E-state index contributed by atoms with van der Waals surface area (Å²) in [5.74, 6) is 1.02. The number of rotatable bonds is 4. The molecule has 1 aliphatic heterocycles. The second-order valence-corrected chi connectivity index (χ2v) is 7.89. The summed E-state index contributed by atoms with van der Waals surface area (Å²) in [7, 11) is 1.75. The summed E-state index contributed by atoms with van der Waals surface area (Å²) in [6.07, 6.45) is 1.83. The molecular weight excluding hydrogens is 384 g/mol. The topological polar surface area (TPSA) is 68.0 Å². The Morgan fingerprint density at radius 3 is 2.72 bits per heavy atom. The third-order valence-electron chi connectivity index (χ3n) is 4.71. The number of nitrogens with one attached hydrogen (secondary N) is 1. The van der Waals surface area contributed by atoms with Gasteiger partial charge in [-0.2, -0.15) is 5.10 Å². The Hall–Kier alpha value is -3.19. The van der Waals surface area contributed by atoms with E-state index in [0.29, 0.717) is 17.4 Å². The van der Waals surface area contributed by atoms with Crippen LogP contribution in [0, 0.1) is 0 Å². The number of nitrogens with zero attached hydrogens (tertiary/aromatic N) is 3. The van der Waals surface area contributed by atoms with Gasteiger partial charge in [0.25, 0.3) is 5.91 Å². The number of hydrogen-bond donors (Lipinski definition) is 1. The molecule has 0 radical (unpaired) electrons. The molecule has 7 heteroatoms. The van der Waals surface area contributed by atoms with E-state index in [2.05, 4.69) is 53.5 Å². The maximum absolute atomic E-state index is 11.6. The van der Waals surface area contributed by atoms with Crippen LogP contribution in [0.25, 0.3) is 11.3 Å². The first kappa shape index (κ1) is 19.1. The highest BCUT2D eigenvalue weighted by molar-refractivity contribution is 7.07. The molecule has 0 atom stereocenters. The molecule has 1 aromatic heterocycles. The monoisotopic (exact) mass is 406 g/mol. The zero-order valence-electron chi connectivity index (χ0n) is 16.5. The van der Waals surface area contributed by atoms with E-state index in [0.717, 1.165) is 21.6 Å². The van der Waals surface area contributed by atoms with Crippen molar-refractivity contribution in [1.29, 1.82) is 0 Å². The van der Waals surface area contributed by atoms with E-state index in [1.807, 2.05) is 34.5 Å². The highest BCUT2D eigenvalue weighted by atomic mass is 32.1. The molecule has 0 spiro atoms. The smallest absolute Gasteiger partial charge is 0.262 e. The molecule has 4 rings (SSSR count). The van der Waals surface area contributed by atoms with E-state index < -0.39 is 0 Å². The summed E-state index contributed by atoms with van der Waals surface area (Å²) >= 11 is 1.51. The number of carbonyl (C=O) groups is 1. The van der Waals surface area contributed by atoms with Crippen molar-refractivity contribution in [2.75, 3.05) is 19.0 Å².